The van der Waals surface area contributed by atoms with Crippen LogP contribution < -0.4 is 5.32 Å². The minimum absolute atomic E-state index is 0.444. The van der Waals surface area contributed by atoms with Gasteiger partial charge >= 0.3 is 0 Å². The zero-order chi connectivity index (χ0) is 13.9. The highest BCUT2D eigenvalue weighted by Gasteiger charge is 2.28. The molecule has 4 heteroatoms. The van der Waals surface area contributed by atoms with E-state index < -0.39 is 0 Å². The van der Waals surface area contributed by atoms with Crippen LogP contribution in [0.15, 0.2) is 41.8 Å². The van der Waals surface area contributed by atoms with E-state index in [0.29, 0.717) is 6.04 Å². The Morgan fingerprint density at radius 1 is 1.30 bits per heavy atom. The number of thiocarbonyl (C=S) groups is 1. The molecule has 0 amide bonds. The van der Waals surface area contributed by atoms with E-state index in [-0.39, 0.29) is 0 Å². The number of aryl methyl sites for hydroxylation is 1. The molecule has 1 atom stereocenters. The zero-order valence-corrected chi connectivity index (χ0v) is 13.1. The molecule has 104 valence electrons. The van der Waals surface area contributed by atoms with Gasteiger partial charge < -0.3 is 10.2 Å². The molecule has 2 aromatic rings. The number of thiophene rings is 1. The Morgan fingerprint density at radius 2 is 2.15 bits per heavy atom. The number of para-hydroxylation sites is 1. The topological polar surface area (TPSA) is 15.3 Å². The minimum Gasteiger partial charge on any atom is -0.341 e. The first-order valence-electron chi connectivity index (χ1n) is 6.92. The third-order valence-electron chi connectivity index (χ3n) is 3.77. The Bertz CT molecular complexity index is 592. The standard InChI is InChI=1S/C16H18N2S2/c1-12-6-2-3-7-13(12)17-16(19)18-10-4-8-14(18)15-9-5-11-20-15/h2-3,5-7,9,11,14H,4,8,10H2,1H3,(H,17,19)/t14-/m0/s1. The van der Waals surface area contributed by atoms with Gasteiger partial charge in [-0.2, -0.15) is 0 Å². The van der Waals surface area contributed by atoms with Gasteiger partial charge in [-0.15, -0.1) is 11.3 Å². The molecular weight excluding hydrogens is 284 g/mol. The van der Waals surface area contributed by atoms with Gasteiger partial charge in [-0.1, -0.05) is 24.3 Å². The van der Waals surface area contributed by atoms with E-state index in [0.717, 1.165) is 17.3 Å². The third-order valence-corrected chi connectivity index (χ3v) is 5.08. The van der Waals surface area contributed by atoms with Gasteiger partial charge in [-0.05, 0) is 55.1 Å². The molecule has 20 heavy (non-hydrogen) atoms. The number of benzene rings is 1. The number of anilines is 1. The summed E-state index contributed by atoms with van der Waals surface area (Å²) in [5, 5.41) is 6.39. The Labute approximate surface area is 129 Å². The van der Waals surface area contributed by atoms with Crippen LogP contribution >= 0.6 is 23.6 Å². The summed E-state index contributed by atoms with van der Waals surface area (Å²) in [5.41, 5.74) is 2.33. The number of hydrogen-bond donors (Lipinski definition) is 1. The maximum Gasteiger partial charge on any atom is 0.173 e. The van der Waals surface area contributed by atoms with Crippen LogP contribution in [-0.4, -0.2) is 16.6 Å². The summed E-state index contributed by atoms with van der Waals surface area (Å²) < 4.78 is 0. The molecule has 0 unspecified atom stereocenters. The van der Waals surface area contributed by atoms with E-state index >= 15 is 0 Å². The number of nitrogens with zero attached hydrogens (tertiary/aromatic N) is 1. The lowest BCUT2D eigenvalue weighted by atomic mass is 10.2. The monoisotopic (exact) mass is 302 g/mol. The zero-order valence-electron chi connectivity index (χ0n) is 11.5. The van der Waals surface area contributed by atoms with Crippen LogP contribution in [0.25, 0.3) is 0 Å². The van der Waals surface area contributed by atoms with Crippen molar-refractivity contribution in [2.24, 2.45) is 0 Å². The average Bonchev–Trinajstić information content (AvgIpc) is 3.11. The summed E-state index contributed by atoms with van der Waals surface area (Å²) in [6, 6.07) is 13.0. The molecule has 3 rings (SSSR count). The Kier molecular flexibility index (Phi) is 4.03. The number of likely N-dealkylation sites (tertiary alicyclic amines) is 1. The molecule has 0 radical (unpaired) electrons. The van der Waals surface area contributed by atoms with Crippen molar-refractivity contribution in [3.8, 4) is 0 Å². The van der Waals surface area contributed by atoms with Crippen molar-refractivity contribution in [1.82, 2.24) is 4.90 Å². The highest BCUT2D eigenvalue weighted by atomic mass is 32.1. The van der Waals surface area contributed by atoms with Crippen LogP contribution in [0.5, 0.6) is 0 Å². The first kappa shape index (κ1) is 13.6. The van der Waals surface area contributed by atoms with E-state index in [1.54, 1.807) is 0 Å². The van der Waals surface area contributed by atoms with E-state index in [9.17, 15) is 0 Å². The van der Waals surface area contributed by atoms with E-state index in [1.165, 1.54) is 23.3 Å². The molecule has 0 aliphatic carbocycles. The third kappa shape index (κ3) is 2.72. The van der Waals surface area contributed by atoms with Gasteiger partial charge in [0.25, 0.3) is 0 Å². The molecule has 1 aliphatic rings. The second-order valence-electron chi connectivity index (χ2n) is 5.11. The van der Waals surface area contributed by atoms with Gasteiger partial charge in [-0.25, -0.2) is 0 Å². The van der Waals surface area contributed by atoms with Crippen molar-refractivity contribution >= 4 is 34.4 Å². The smallest absolute Gasteiger partial charge is 0.173 e. The molecule has 1 saturated heterocycles. The summed E-state index contributed by atoms with van der Waals surface area (Å²) in [5.74, 6) is 0. The predicted octanol–water partition coefficient (Wildman–Crippen LogP) is 4.59. The van der Waals surface area contributed by atoms with Crippen molar-refractivity contribution in [2.75, 3.05) is 11.9 Å². The highest BCUT2D eigenvalue weighted by Crippen LogP contribution is 2.35. The van der Waals surface area contributed by atoms with Gasteiger partial charge in [0.2, 0.25) is 0 Å². The van der Waals surface area contributed by atoms with Gasteiger partial charge in [0.1, 0.15) is 0 Å². The summed E-state index contributed by atoms with van der Waals surface area (Å²) in [7, 11) is 0. The number of nitrogens with one attached hydrogen (secondary N) is 1. The van der Waals surface area contributed by atoms with Crippen LogP contribution in [-0.2, 0) is 0 Å². The first-order valence-corrected chi connectivity index (χ1v) is 8.21. The van der Waals surface area contributed by atoms with Crippen molar-refractivity contribution < 1.29 is 0 Å². The van der Waals surface area contributed by atoms with E-state index in [2.05, 4.69) is 46.8 Å². The second kappa shape index (κ2) is 5.94. The lowest BCUT2D eigenvalue weighted by molar-refractivity contribution is 0.412. The molecule has 2 nitrogen and oxygen atoms in total. The SMILES string of the molecule is Cc1ccccc1NC(=S)N1CCC[C@H]1c1cccs1. The maximum atomic E-state index is 5.63. The molecule has 1 aliphatic heterocycles. The van der Waals surface area contributed by atoms with E-state index in [4.69, 9.17) is 12.2 Å². The fraction of sp³-hybridized carbons (Fsp3) is 0.312. The summed E-state index contributed by atoms with van der Waals surface area (Å²) in [6.07, 6.45) is 2.40. The van der Waals surface area contributed by atoms with Gasteiger partial charge in [0.05, 0.1) is 6.04 Å². The lowest BCUT2D eigenvalue weighted by Gasteiger charge is -2.27. The Hall–Kier alpha value is -1.39. The molecule has 0 bridgehead atoms. The summed E-state index contributed by atoms with van der Waals surface area (Å²) in [4.78, 5) is 3.74. The van der Waals surface area contributed by atoms with Gasteiger partial charge in [-0.3, -0.25) is 0 Å². The largest absolute Gasteiger partial charge is 0.341 e. The van der Waals surface area contributed by atoms with Crippen molar-refractivity contribution in [2.45, 2.75) is 25.8 Å². The van der Waals surface area contributed by atoms with Gasteiger partial charge in [0.15, 0.2) is 5.11 Å². The molecule has 1 aromatic heterocycles. The van der Waals surface area contributed by atoms with Crippen LogP contribution in [0, 0.1) is 6.92 Å². The van der Waals surface area contributed by atoms with Crippen LogP contribution in [0.1, 0.15) is 29.3 Å². The van der Waals surface area contributed by atoms with Crippen molar-refractivity contribution in [3.05, 3.63) is 52.2 Å². The minimum atomic E-state index is 0.444. The highest BCUT2D eigenvalue weighted by molar-refractivity contribution is 7.80. The Balaban J connectivity index is 1.75. The maximum absolute atomic E-state index is 5.63. The molecule has 1 aromatic carbocycles. The summed E-state index contributed by atoms with van der Waals surface area (Å²) >= 11 is 7.45. The summed E-state index contributed by atoms with van der Waals surface area (Å²) in [6.45, 7) is 3.14. The quantitative estimate of drug-likeness (QED) is 0.817. The second-order valence-corrected chi connectivity index (χ2v) is 6.48. The normalized spacial score (nSPS) is 18.2. The van der Waals surface area contributed by atoms with Crippen LogP contribution in [0.4, 0.5) is 5.69 Å². The fourth-order valence-electron chi connectivity index (χ4n) is 2.69. The van der Waals surface area contributed by atoms with Crippen LogP contribution in [0.3, 0.4) is 0 Å². The number of hydrogen-bond acceptors (Lipinski definition) is 2. The lowest BCUT2D eigenvalue weighted by Crippen LogP contribution is -2.34. The van der Waals surface area contributed by atoms with Crippen molar-refractivity contribution in [3.63, 3.8) is 0 Å². The predicted molar refractivity (Wildman–Crippen MR) is 90.4 cm³/mol. The molecule has 0 spiro atoms. The molecule has 1 fully saturated rings. The number of rotatable bonds is 2. The molecule has 0 saturated carbocycles. The first-order chi connectivity index (χ1) is 9.75. The molecular formula is C16H18N2S2. The molecule has 2 heterocycles. The fourth-order valence-corrected chi connectivity index (χ4v) is 3.89. The van der Waals surface area contributed by atoms with Gasteiger partial charge in [0, 0.05) is 17.1 Å². The van der Waals surface area contributed by atoms with E-state index in [1.807, 2.05) is 23.5 Å². The average molecular weight is 302 g/mol. The van der Waals surface area contributed by atoms with Crippen molar-refractivity contribution in [1.29, 1.82) is 0 Å². The molecule has 1 N–H and O–H groups in total. The van der Waals surface area contributed by atoms with Crippen LogP contribution in [0.2, 0.25) is 0 Å². The Morgan fingerprint density at radius 3 is 2.90 bits per heavy atom.